The van der Waals surface area contributed by atoms with Gasteiger partial charge < -0.3 is 4.74 Å². The Labute approximate surface area is 128 Å². The van der Waals surface area contributed by atoms with Crippen molar-refractivity contribution in [3.63, 3.8) is 0 Å². The third-order valence-corrected chi connectivity index (χ3v) is 4.60. The molecule has 0 spiro atoms. The van der Waals surface area contributed by atoms with Crippen LogP contribution in [0.2, 0.25) is 0 Å². The van der Waals surface area contributed by atoms with E-state index in [4.69, 9.17) is 4.74 Å². The minimum absolute atomic E-state index is 0.0553. The molecule has 0 radical (unpaired) electrons. The largest absolute Gasteiger partial charge is 0.428 e. The number of rotatable bonds is 3. The lowest BCUT2D eigenvalue weighted by molar-refractivity contribution is 0.0587. The van der Waals surface area contributed by atoms with Crippen molar-refractivity contribution in [3.8, 4) is 0 Å². The molecule has 2 atom stereocenters. The fourth-order valence-corrected chi connectivity index (χ4v) is 3.36. The number of nitrogens with zero attached hydrogens (tertiary/aromatic N) is 1. The van der Waals surface area contributed by atoms with Gasteiger partial charge in [0.05, 0.1) is 5.56 Å². The molecule has 3 nitrogen and oxygen atoms in total. The summed E-state index contributed by atoms with van der Waals surface area (Å²) in [5, 5.41) is 0. The van der Waals surface area contributed by atoms with E-state index in [1.54, 1.807) is 6.07 Å². The first kappa shape index (κ1) is 15.2. The fourth-order valence-electron chi connectivity index (χ4n) is 3.36. The van der Waals surface area contributed by atoms with Gasteiger partial charge in [0.15, 0.2) is 0 Å². The first-order valence-corrected chi connectivity index (χ1v) is 7.56. The number of esters is 1. The Balaban J connectivity index is 1.76. The topological polar surface area (TPSA) is 29.5 Å². The minimum atomic E-state index is -2.69. The molecule has 1 heterocycles. The zero-order valence-electron chi connectivity index (χ0n) is 12.5. The Hall–Kier alpha value is -1.75. The number of hydrogen-bond acceptors (Lipinski definition) is 3. The van der Waals surface area contributed by atoms with Gasteiger partial charge in [-0.25, -0.2) is 13.6 Å². The summed E-state index contributed by atoms with van der Waals surface area (Å²) in [6.45, 7) is 1.04. The van der Waals surface area contributed by atoms with Gasteiger partial charge in [-0.2, -0.15) is 0 Å². The number of ether oxygens (including phenoxy) is 1. The van der Waals surface area contributed by atoms with Crippen LogP contribution >= 0.6 is 0 Å². The highest BCUT2D eigenvalue weighted by Gasteiger charge is 2.34. The molecule has 3 rings (SSSR count). The number of likely N-dealkylation sites (N-methyl/N-ethyl adjacent to an activating group) is 1. The number of carbonyl (C=O) groups is 1. The lowest BCUT2D eigenvalue weighted by Crippen LogP contribution is -2.30. The number of carbonyl (C=O) groups excluding carboxylic acids is 1. The highest BCUT2D eigenvalue weighted by molar-refractivity contribution is 5.91. The molecular formula is C17H19F2NO2. The number of fused-ring (bicyclic) bond motifs is 1. The second-order valence-corrected chi connectivity index (χ2v) is 5.97. The first-order chi connectivity index (χ1) is 10.6. The van der Waals surface area contributed by atoms with Crippen molar-refractivity contribution in [2.45, 2.75) is 31.7 Å². The molecule has 0 amide bonds. The summed E-state index contributed by atoms with van der Waals surface area (Å²) in [6, 6.07) is 6.01. The molecule has 1 aliphatic heterocycles. The van der Waals surface area contributed by atoms with E-state index in [-0.39, 0.29) is 11.1 Å². The highest BCUT2D eigenvalue weighted by atomic mass is 19.3. The first-order valence-electron chi connectivity index (χ1n) is 7.56. The minimum Gasteiger partial charge on any atom is -0.428 e. The maximum atomic E-state index is 13.0. The van der Waals surface area contributed by atoms with Crippen molar-refractivity contribution in [1.29, 1.82) is 0 Å². The van der Waals surface area contributed by atoms with Gasteiger partial charge in [0, 0.05) is 18.0 Å². The van der Waals surface area contributed by atoms with Gasteiger partial charge in [0.25, 0.3) is 6.43 Å². The van der Waals surface area contributed by atoms with E-state index in [0.29, 0.717) is 24.1 Å². The van der Waals surface area contributed by atoms with Crippen molar-refractivity contribution in [3.05, 3.63) is 47.2 Å². The van der Waals surface area contributed by atoms with E-state index in [1.807, 2.05) is 6.08 Å². The van der Waals surface area contributed by atoms with E-state index in [1.165, 1.54) is 18.2 Å². The van der Waals surface area contributed by atoms with Crippen molar-refractivity contribution in [2.24, 2.45) is 5.92 Å². The number of alkyl halides is 2. The summed E-state index contributed by atoms with van der Waals surface area (Å²) in [6.07, 6.45) is 2.12. The molecule has 1 fully saturated rings. The normalized spacial score (nSPS) is 25.0. The van der Waals surface area contributed by atoms with Gasteiger partial charge in [-0.1, -0.05) is 18.2 Å². The van der Waals surface area contributed by atoms with Crippen LogP contribution in [-0.4, -0.2) is 30.5 Å². The Morgan fingerprint density at radius 3 is 2.86 bits per heavy atom. The molecule has 1 unspecified atom stereocenters. The van der Waals surface area contributed by atoms with E-state index in [9.17, 15) is 13.6 Å². The Bertz CT molecular complexity index is 600. The summed E-state index contributed by atoms with van der Waals surface area (Å²) in [5.74, 6) is 0.520. The second kappa shape index (κ2) is 6.16. The van der Waals surface area contributed by atoms with Gasteiger partial charge in [0.1, 0.15) is 5.76 Å². The van der Waals surface area contributed by atoms with E-state index < -0.39 is 12.4 Å². The zero-order valence-corrected chi connectivity index (χ0v) is 12.5. The van der Waals surface area contributed by atoms with Crippen LogP contribution in [0, 0.1) is 5.92 Å². The van der Waals surface area contributed by atoms with Crippen molar-refractivity contribution in [2.75, 3.05) is 13.6 Å². The van der Waals surface area contributed by atoms with Crippen LogP contribution in [0.5, 0.6) is 0 Å². The lowest BCUT2D eigenvalue weighted by Gasteiger charge is -2.27. The fraction of sp³-hybridized carbons (Fsp3) is 0.471. The smallest absolute Gasteiger partial charge is 0.343 e. The quantitative estimate of drug-likeness (QED) is 0.796. The third-order valence-electron chi connectivity index (χ3n) is 4.60. The average Bonchev–Trinajstić information content (AvgIpc) is 2.88. The molecule has 0 aromatic heterocycles. The molecule has 1 saturated heterocycles. The maximum Gasteiger partial charge on any atom is 0.343 e. The van der Waals surface area contributed by atoms with Crippen LogP contribution in [0.3, 0.4) is 0 Å². The third kappa shape index (κ3) is 2.90. The SMILES string of the molecule is CN1CCC2CCC(OC(=O)c3ccccc3C(F)F)=C[C@@H]21. The summed E-state index contributed by atoms with van der Waals surface area (Å²) in [4.78, 5) is 14.4. The summed E-state index contributed by atoms with van der Waals surface area (Å²) >= 11 is 0. The van der Waals surface area contributed by atoms with Crippen LogP contribution in [0.25, 0.3) is 0 Å². The molecular weight excluding hydrogens is 288 g/mol. The van der Waals surface area contributed by atoms with E-state index >= 15 is 0 Å². The molecule has 1 aromatic carbocycles. The zero-order chi connectivity index (χ0) is 15.7. The van der Waals surface area contributed by atoms with Crippen LogP contribution in [0.1, 0.15) is 41.6 Å². The summed E-state index contributed by atoms with van der Waals surface area (Å²) < 4.78 is 31.3. The van der Waals surface area contributed by atoms with Crippen LogP contribution in [0.15, 0.2) is 36.1 Å². The van der Waals surface area contributed by atoms with Gasteiger partial charge in [-0.15, -0.1) is 0 Å². The maximum absolute atomic E-state index is 13.0. The molecule has 0 bridgehead atoms. The number of halogens is 2. The highest BCUT2D eigenvalue weighted by Crippen LogP contribution is 2.35. The standard InChI is InChI=1S/C17H19F2NO2/c1-20-9-8-11-6-7-12(10-15(11)20)22-17(21)14-5-3-2-4-13(14)16(18)19/h2-5,10-11,15-16H,6-9H2,1H3/t11?,15-/m0/s1. The molecule has 0 saturated carbocycles. The van der Waals surface area contributed by atoms with Gasteiger partial charge >= 0.3 is 5.97 Å². The predicted molar refractivity (Wildman–Crippen MR) is 78.7 cm³/mol. The van der Waals surface area contributed by atoms with E-state index in [2.05, 4.69) is 11.9 Å². The van der Waals surface area contributed by atoms with Gasteiger partial charge in [-0.05, 0) is 44.5 Å². The average molecular weight is 307 g/mol. The van der Waals surface area contributed by atoms with Crippen molar-refractivity contribution < 1.29 is 18.3 Å². The van der Waals surface area contributed by atoms with Crippen LogP contribution in [0.4, 0.5) is 8.78 Å². The Morgan fingerprint density at radius 1 is 1.32 bits per heavy atom. The van der Waals surface area contributed by atoms with Gasteiger partial charge in [-0.3, -0.25) is 4.90 Å². The molecule has 22 heavy (non-hydrogen) atoms. The summed E-state index contributed by atoms with van der Waals surface area (Å²) in [7, 11) is 2.05. The van der Waals surface area contributed by atoms with Gasteiger partial charge in [0.2, 0.25) is 0 Å². The number of hydrogen-bond donors (Lipinski definition) is 0. The molecule has 5 heteroatoms. The van der Waals surface area contributed by atoms with Crippen LogP contribution in [-0.2, 0) is 4.74 Å². The molecule has 118 valence electrons. The Kier molecular flexibility index (Phi) is 4.25. The molecule has 1 aromatic rings. The number of allylic oxidation sites excluding steroid dienone is 1. The van der Waals surface area contributed by atoms with E-state index in [0.717, 1.165) is 19.4 Å². The molecule has 0 N–H and O–H groups in total. The molecule has 2 aliphatic rings. The van der Waals surface area contributed by atoms with Crippen LogP contribution < -0.4 is 0 Å². The predicted octanol–water partition coefficient (Wildman–Crippen LogP) is 3.78. The molecule has 1 aliphatic carbocycles. The van der Waals surface area contributed by atoms with Crippen molar-refractivity contribution >= 4 is 5.97 Å². The second-order valence-electron chi connectivity index (χ2n) is 5.97. The van der Waals surface area contributed by atoms with Crippen molar-refractivity contribution in [1.82, 2.24) is 4.90 Å². The Morgan fingerprint density at radius 2 is 2.09 bits per heavy atom. The summed E-state index contributed by atoms with van der Waals surface area (Å²) in [5.41, 5.74) is -0.333. The lowest BCUT2D eigenvalue weighted by atomic mass is 9.89. The monoisotopic (exact) mass is 307 g/mol. The number of benzene rings is 1. The number of likely N-dealkylation sites (tertiary alicyclic amines) is 1.